The maximum atomic E-state index is 13.0. The molecule has 0 spiro atoms. The molecule has 2 amide bonds. The lowest BCUT2D eigenvalue weighted by atomic mass is 9.93. The monoisotopic (exact) mass is 369 g/mol. The number of pyridine rings is 1. The molecule has 2 aliphatic rings. The van der Waals surface area contributed by atoms with Crippen LogP contribution in [0.1, 0.15) is 31.4 Å². The van der Waals surface area contributed by atoms with Crippen molar-refractivity contribution in [1.82, 2.24) is 14.8 Å². The molecule has 0 radical (unpaired) electrons. The number of piperidine rings is 1. The lowest BCUT2D eigenvalue weighted by Gasteiger charge is -2.35. The summed E-state index contributed by atoms with van der Waals surface area (Å²) < 4.78 is 0. The van der Waals surface area contributed by atoms with Crippen LogP contribution in [0, 0.1) is 0 Å². The minimum atomic E-state index is -0.305. The number of carbonyl (C=O) groups is 2. The number of carbonyl (C=O) groups excluding carboxylic acids is 2. The number of benzene rings is 1. The van der Waals surface area contributed by atoms with Crippen molar-refractivity contribution < 1.29 is 9.59 Å². The number of aromatic nitrogens is 1. The van der Waals surface area contributed by atoms with Crippen LogP contribution in [-0.4, -0.2) is 57.4 Å². The highest BCUT2D eigenvalue weighted by Crippen LogP contribution is 2.30. The van der Waals surface area contributed by atoms with Gasteiger partial charge in [-0.1, -0.05) is 24.3 Å². The quantitative estimate of drug-likeness (QED) is 0.817. The Balaban J connectivity index is 1.51. The molecule has 0 N–H and O–H groups in total. The molecule has 2 atom stereocenters. The van der Waals surface area contributed by atoms with Crippen molar-refractivity contribution in [2.75, 3.05) is 24.7 Å². The summed E-state index contributed by atoms with van der Waals surface area (Å²) in [6, 6.07) is 10.1. The average Bonchev–Trinajstić information content (AvgIpc) is 3.17. The van der Waals surface area contributed by atoms with Gasteiger partial charge in [0.05, 0.1) is 5.88 Å². The number of hydrogen-bond donors (Lipinski definition) is 0. The Morgan fingerprint density at radius 3 is 2.85 bits per heavy atom. The predicted molar refractivity (Wildman–Crippen MR) is 104 cm³/mol. The molecule has 2 aromatic rings. The molecule has 6 heteroatoms. The van der Waals surface area contributed by atoms with E-state index >= 15 is 0 Å². The van der Waals surface area contributed by atoms with Crippen LogP contribution in [0.25, 0.3) is 10.8 Å². The molecule has 4 rings (SSSR count). The minimum absolute atomic E-state index is 0.0156. The first-order chi connectivity index (χ1) is 12.6. The van der Waals surface area contributed by atoms with Gasteiger partial charge in [-0.15, -0.1) is 11.8 Å². The Labute approximate surface area is 157 Å². The number of rotatable bonds is 2. The van der Waals surface area contributed by atoms with E-state index in [1.807, 2.05) is 23.2 Å². The molecule has 26 heavy (non-hydrogen) atoms. The Morgan fingerprint density at radius 1 is 1.23 bits per heavy atom. The van der Waals surface area contributed by atoms with Crippen molar-refractivity contribution in [3.63, 3.8) is 0 Å². The number of fused-ring (bicyclic) bond motifs is 1. The summed E-state index contributed by atoms with van der Waals surface area (Å²) in [5.41, 5.74) is 1.06. The van der Waals surface area contributed by atoms with Gasteiger partial charge >= 0.3 is 0 Å². The van der Waals surface area contributed by atoms with Crippen molar-refractivity contribution in [2.45, 2.75) is 31.7 Å². The predicted octanol–water partition coefficient (Wildman–Crippen LogP) is 2.86. The number of thioether (sulfide) groups is 1. The zero-order chi connectivity index (χ0) is 18.1. The third-order valence-corrected chi connectivity index (χ3v) is 6.39. The second-order valence-corrected chi connectivity index (χ2v) is 8.08. The molecule has 0 bridgehead atoms. The van der Waals surface area contributed by atoms with Gasteiger partial charge in [0.15, 0.2) is 0 Å². The summed E-state index contributed by atoms with van der Waals surface area (Å²) in [5.74, 6) is 1.66. The van der Waals surface area contributed by atoms with Crippen LogP contribution in [0.2, 0.25) is 0 Å². The average molecular weight is 369 g/mol. The van der Waals surface area contributed by atoms with Crippen molar-refractivity contribution in [3.05, 3.63) is 42.2 Å². The normalized spacial score (nSPS) is 23.4. The Morgan fingerprint density at radius 2 is 2.04 bits per heavy atom. The highest BCUT2D eigenvalue weighted by Gasteiger charge is 2.37. The third-order valence-electron chi connectivity index (χ3n) is 5.38. The molecule has 0 aliphatic carbocycles. The zero-order valence-corrected chi connectivity index (χ0v) is 15.7. The van der Waals surface area contributed by atoms with Gasteiger partial charge in [0.1, 0.15) is 6.04 Å². The van der Waals surface area contributed by atoms with Crippen LogP contribution in [0.4, 0.5) is 0 Å². The van der Waals surface area contributed by atoms with Gasteiger partial charge in [-0.3, -0.25) is 14.6 Å². The van der Waals surface area contributed by atoms with Gasteiger partial charge < -0.3 is 9.80 Å². The van der Waals surface area contributed by atoms with Crippen molar-refractivity contribution in [3.8, 4) is 0 Å². The fraction of sp³-hybridized carbons (Fsp3) is 0.450. The van der Waals surface area contributed by atoms with E-state index in [1.165, 1.54) is 5.39 Å². The summed E-state index contributed by atoms with van der Waals surface area (Å²) in [5, 5.41) is 2.33. The first-order valence-electron chi connectivity index (χ1n) is 9.12. The van der Waals surface area contributed by atoms with Gasteiger partial charge in [0.25, 0.3) is 0 Å². The van der Waals surface area contributed by atoms with Gasteiger partial charge in [-0.25, -0.2) is 0 Å². The van der Waals surface area contributed by atoms with E-state index < -0.39 is 0 Å². The number of nitrogens with zero attached hydrogens (tertiary/aromatic N) is 3. The van der Waals surface area contributed by atoms with Gasteiger partial charge in [-0.2, -0.15) is 0 Å². The summed E-state index contributed by atoms with van der Waals surface area (Å²) in [7, 11) is 0. The highest BCUT2D eigenvalue weighted by molar-refractivity contribution is 7.99. The molecule has 2 saturated heterocycles. The van der Waals surface area contributed by atoms with Crippen molar-refractivity contribution in [1.29, 1.82) is 0 Å². The van der Waals surface area contributed by atoms with E-state index in [2.05, 4.69) is 23.2 Å². The lowest BCUT2D eigenvalue weighted by Crippen LogP contribution is -2.50. The van der Waals surface area contributed by atoms with E-state index in [-0.39, 0.29) is 23.8 Å². The van der Waals surface area contributed by atoms with Crippen LogP contribution in [0.3, 0.4) is 0 Å². The summed E-state index contributed by atoms with van der Waals surface area (Å²) >= 11 is 1.65. The first-order valence-corrected chi connectivity index (χ1v) is 10.3. The summed E-state index contributed by atoms with van der Waals surface area (Å²) in [6.45, 7) is 3.01. The molecule has 136 valence electrons. The molecule has 0 saturated carbocycles. The molecular formula is C20H23N3O2S. The van der Waals surface area contributed by atoms with Crippen LogP contribution in [-0.2, 0) is 9.59 Å². The Kier molecular flexibility index (Phi) is 4.85. The molecule has 0 unspecified atom stereocenters. The van der Waals surface area contributed by atoms with Gasteiger partial charge in [-0.05, 0) is 24.3 Å². The van der Waals surface area contributed by atoms with Crippen LogP contribution in [0.5, 0.6) is 0 Å². The van der Waals surface area contributed by atoms with Crippen LogP contribution in [0.15, 0.2) is 36.5 Å². The number of hydrogen-bond acceptors (Lipinski definition) is 4. The Bertz CT molecular complexity index is 841. The van der Waals surface area contributed by atoms with Crippen molar-refractivity contribution >= 4 is 34.3 Å². The lowest BCUT2D eigenvalue weighted by molar-refractivity contribution is -0.143. The molecule has 3 heterocycles. The maximum Gasteiger partial charge on any atom is 0.246 e. The topological polar surface area (TPSA) is 53.5 Å². The van der Waals surface area contributed by atoms with E-state index in [0.717, 1.165) is 30.5 Å². The smallest absolute Gasteiger partial charge is 0.246 e. The molecule has 1 aromatic carbocycles. The molecule has 1 aromatic heterocycles. The summed E-state index contributed by atoms with van der Waals surface area (Å²) in [6.07, 6.45) is 3.95. The van der Waals surface area contributed by atoms with Gasteiger partial charge in [0, 0.05) is 49.0 Å². The second-order valence-electron chi connectivity index (χ2n) is 7.08. The Hall–Kier alpha value is -2.08. The van der Waals surface area contributed by atoms with Crippen molar-refractivity contribution in [2.24, 2.45) is 0 Å². The van der Waals surface area contributed by atoms with E-state index in [4.69, 9.17) is 0 Å². The fourth-order valence-electron chi connectivity index (χ4n) is 3.91. The van der Waals surface area contributed by atoms with E-state index in [1.54, 1.807) is 23.6 Å². The SMILES string of the molecule is CC(=O)N1CSC[C@H]1C(=O)N1CCC[C@@H](c2cc3ccccc3cn2)C1. The maximum absolute atomic E-state index is 13.0. The standard InChI is InChI=1S/C20H23N3O2S/c1-14(24)23-13-26-12-19(23)20(25)22-8-4-7-17(11-22)18-9-15-5-2-3-6-16(15)10-21-18/h2-3,5-6,9-10,17,19H,4,7-8,11-13H2,1H3/t17-,19+/m1/s1. The molecular weight excluding hydrogens is 346 g/mol. The third kappa shape index (κ3) is 3.30. The number of likely N-dealkylation sites (tertiary alicyclic amines) is 1. The molecule has 5 nitrogen and oxygen atoms in total. The summed E-state index contributed by atoms with van der Waals surface area (Å²) in [4.78, 5) is 33.1. The zero-order valence-electron chi connectivity index (χ0n) is 14.9. The van der Waals surface area contributed by atoms with Gasteiger partial charge in [0.2, 0.25) is 11.8 Å². The fourth-order valence-corrected chi connectivity index (χ4v) is 5.12. The second kappa shape index (κ2) is 7.27. The molecule has 2 fully saturated rings. The van der Waals surface area contributed by atoms with Crippen LogP contribution >= 0.6 is 11.8 Å². The highest BCUT2D eigenvalue weighted by atomic mass is 32.2. The largest absolute Gasteiger partial charge is 0.340 e. The first kappa shape index (κ1) is 17.3. The van der Waals surface area contributed by atoms with Crippen LogP contribution < -0.4 is 0 Å². The minimum Gasteiger partial charge on any atom is -0.340 e. The molecule has 2 aliphatic heterocycles. The van der Waals surface area contributed by atoms with E-state index in [0.29, 0.717) is 18.2 Å². The number of amides is 2. The van der Waals surface area contributed by atoms with E-state index in [9.17, 15) is 9.59 Å².